The number of piperidine rings is 1. The summed E-state index contributed by atoms with van der Waals surface area (Å²) in [6, 6.07) is 2.13. The molecule has 1 unspecified atom stereocenters. The lowest BCUT2D eigenvalue weighted by Crippen LogP contribution is -2.43. The molecule has 128 valence electrons. The Bertz CT molecular complexity index is 712. The van der Waals surface area contributed by atoms with E-state index in [2.05, 4.69) is 37.9 Å². The zero-order valence-corrected chi connectivity index (χ0v) is 14.1. The van der Waals surface area contributed by atoms with E-state index in [-0.39, 0.29) is 5.92 Å². The van der Waals surface area contributed by atoms with E-state index < -0.39 is 0 Å². The van der Waals surface area contributed by atoms with Gasteiger partial charge in [0.15, 0.2) is 0 Å². The first-order valence-electron chi connectivity index (χ1n) is 8.93. The predicted octanol–water partition coefficient (Wildman–Crippen LogP) is 1.46. The molecule has 2 aromatic heterocycles. The van der Waals surface area contributed by atoms with Crippen molar-refractivity contribution in [2.24, 2.45) is 5.92 Å². The number of carbonyl (C=O) groups excluding carboxylic acids is 1. The first-order valence-corrected chi connectivity index (χ1v) is 8.93. The molecule has 24 heavy (non-hydrogen) atoms. The second kappa shape index (κ2) is 6.37. The van der Waals surface area contributed by atoms with Crippen LogP contribution in [0.15, 0.2) is 18.6 Å². The van der Waals surface area contributed by atoms with Gasteiger partial charge in [0, 0.05) is 50.4 Å². The summed E-state index contributed by atoms with van der Waals surface area (Å²) in [6.07, 6.45) is 7.43. The van der Waals surface area contributed by atoms with Crippen molar-refractivity contribution in [1.29, 1.82) is 0 Å². The third-order valence-corrected chi connectivity index (χ3v) is 5.45. The van der Waals surface area contributed by atoms with Gasteiger partial charge >= 0.3 is 0 Å². The van der Waals surface area contributed by atoms with Crippen molar-refractivity contribution in [2.45, 2.75) is 51.6 Å². The van der Waals surface area contributed by atoms with Gasteiger partial charge in [-0.15, -0.1) is 10.2 Å². The highest BCUT2D eigenvalue weighted by Gasteiger charge is 2.32. The van der Waals surface area contributed by atoms with E-state index in [0.717, 1.165) is 57.7 Å². The van der Waals surface area contributed by atoms with Gasteiger partial charge in [-0.05, 0) is 32.3 Å². The minimum atomic E-state index is 0.0752. The third kappa shape index (κ3) is 2.72. The Labute approximate surface area is 141 Å². The standard InChI is InChI=1S/C17H24N6O/c1-2-23-15(5-8-19-23)13-6-9-21(10-7-13)17(24)14-3-4-16-20-18-12-22(16)11-14/h5,8,12-14H,2-4,6-7,9-11H2,1H3. The quantitative estimate of drug-likeness (QED) is 0.855. The molecule has 0 aromatic carbocycles. The summed E-state index contributed by atoms with van der Waals surface area (Å²) in [5, 5.41) is 12.4. The van der Waals surface area contributed by atoms with Crippen molar-refractivity contribution < 1.29 is 4.79 Å². The molecule has 0 bridgehead atoms. The topological polar surface area (TPSA) is 68.8 Å². The fourth-order valence-corrected chi connectivity index (χ4v) is 4.07. The first kappa shape index (κ1) is 15.4. The lowest BCUT2D eigenvalue weighted by Gasteiger charge is -2.35. The summed E-state index contributed by atoms with van der Waals surface area (Å²) < 4.78 is 4.11. The molecule has 1 atom stereocenters. The monoisotopic (exact) mass is 328 g/mol. The average Bonchev–Trinajstić information content (AvgIpc) is 3.29. The summed E-state index contributed by atoms with van der Waals surface area (Å²) in [5.41, 5.74) is 1.32. The number of fused-ring (bicyclic) bond motifs is 1. The number of aromatic nitrogens is 5. The number of hydrogen-bond donors (Lipinski definition) is 0. The molecule has 0 saturated carbocycles. The smallest absolute Gasteiger partial charge is 0.227 e. The SMILES string of the molecule is CCn1nccc1C1CCN(C(=O)C2CCc3nncn3C2)CC1. The number of amides is 1. The van der Waals surface area contributed by atoms with E-state index in [9.17, 15) is 4.79 Å². The van der Waals surface area contributed by atoms with Gasteiger partial charge in [-0.3, -0.25) is 9.48 Å². The molecule has 4 rings (SSSR count). The molecule has 0 N–H and O–H groups in total. The number of aryl methyl sites for hydroxylation is 2. The van der Waals surface area contributed by atoms with E-state index in [4.69, 9.17) is 0 Å². The average molecular weight is 328 g/mol. The largest absolute Gasteiger partial charge is 0.342 e. The molecular formula is C17H24N6O. The van der Waals surface area contributed by atoms with Crippen LogP contribution in [0.25, 0.3) is 0 Å². The second-order valence-electron chi connectivity index (χ2n) is 6.81. The van der Waals surface area contributed by atoms with Crippen molar-refractivity contribution >= 4 is 5.91 Å². The van der Waals surface area contributed by atoms with Crippen LogP contribution in [0.1, 0.15) is 43.6 Å². The minimum absolute atomic E-state index is 0.0752. The molecule has 4 heterocycles. The maximum absolute atomic E-state index is 12.9. The van der Waals surface area contributed by atoms with Crippen molar-refractivity contribution in [3.05, 3.63) is 30.1 Å². The summed E-state index contributed by atoms with van der Waals surface area (Å²) >= 11 is 0. The Kier molecular flexibility index (Phi) is 4.08. The Morgan fingerprint density at radius 3 is 2.92 bits per heavy atom. The van der Waals surface area contributed by atoms with E-state index in [1.807, 2.05) is 10.8 Å². The van der Waals surface area contributed by atoms with E-state index >= 15 is 0 Å². The van der Waals surface area contributed by atoms with Crippen LogP contribution in [0.5, 0.6) is 0 Å². The van der Waals surface area contributed by atoms with Crippen LogP contribution >= 0.6 is 0 Å². The highest BCUT2D eigenvalue weighted by atomic mass is 16.2. The molecule has 1 amide bonds. The van der Waals surface area contributed by atoms with E-state index in [1.165, 1.54) is 5.69 Å². The van der Waals surface area contributed by atoms with Crippen molar-refractivity contribution in [1.82, 2.24) is 29.4 Å². The molecule has 1 saturated heterocycles. The fourth-order valence-electron chi connectivity index (χ4n) is 4.07. The Balaban J connectivity index is 1.37. The molecule has 2 aliphatic heterocycles. The summed E-state index contributed by atoms with van der Waals surface area (Å²) in [4.78, 5) is 14.9. The molecule has 7 nitrogen and oxygen atoms in total. The first-order chi connectivity index (χ1) is 11.8. The van der Waals surface area contributed by atoms with Gasteiger partial charge in [-0.2, -0.15) is 5.10 Å². The van der Waals surface area contributed by atoms with Crippen LogP contribution in [-0.2, 0) is 24.3 Å². The van der Waals surface area contributed by atoms with Crippen LogP contribution < -0.4 is 0 Å². The number of hydrogen-bond acceptors (Lipinski definition) is 4. The second-order valence-corrected chi connectivity index (χ2v) is 6.81. The molecule has 0 radical (unpaired) electrons. The Morgan fingerprint density at radius 2 is 2.12 bits per heavy atom. The molecule has 0 spiro atoms. The molecule has 2 aliphatic rings. The number of likely N-dealkylation sites (tertiary alicyclic amines) is 1. The van der Waals surface area contributed by atoms with Crippen LogP contribution in [-0.4, -0.2) is 48.4 Å². The fraction of sp³-hybridized carbons (Fsp3) is 0.647. The van der Waals surface area contributed by atoms with Gasteiger partial charge in [-0.1, -0.05) is 0 Å². The number of carbonyl (C=O) groups is 1. The van der Waals surface area contributed by atoms with Crippen LogP contribution in [0, 0.1) is 5.92 Å². The lowest BCUT2D eigenvalue weighted by atomic mass is 9.91. The van der Waals surface area contributed by atoms with E-state index in [1.54, 1.807) is 6.33 Å². The number of nitrogens with zero attached hydrogens (tertiary/aromatic N) is 6. The number of rotatable bonds is 3. The van der Waals surface area contributed by atoms with Crippen LogP contribution in [0.3, 0.4) is 0 Å². The summed E-state index contributed by atoms with van der Waals surface area (Å²) in [5.74, 6) is 1.90. The Morgan fingerprint density at radius 1 is 1.29 bits per heavy atom. The highest BCUT2D eigenvalue weighted by Crippen LogP contribution is 2.29. The Hall–Kier alpha value is -2.18. The van der Waals surface area contributed by atoms with Gasteiger partial charge in [0.1, 0.15) is 12.2 Å². The third-order valence-electron chi connectivity index (χ3n) is 5.45. The maximum atomic E-state index is 12.9. The van der Waals surface area contributed by atoms with E-state index in [0.29, 0.717) is 11.8 Å². The van der Waals surface area contributed by atoms with Crippen LogP contribution in [0.4, 0.5) is 0 Å². The predicted molar refractivity (Wildman–Crippen MR) is 88.3 cm³/mol. The molecule has 0 aliphatic carbocycles. The maximum Gasteiger partial charge on any atom is 0.227 e. The lowest BCUT2D eigenvalue weighted by molar-refractivity contribution is -0.137. The molecule has 1 fully saturated rings. The normalized spacial score (nSPS) is 21.7. The van der Waals surface area contributed by atoms with Crippen molar-refractivity contribution in [3.63, 3.8) is 0 Å². The highest BCUT2D eigenvalue weighted by molar-refractivity contribution is 5.79. The zero-order valence-electron chi connectivity index (χ0n) is 14.1. The van der Waals surface area contributed by atoms with Crippen molar-refractivity contribution in [3.8, 4) is 0 Å². The molecule has 7 heteroatoms. The minimum Gasteiger partial charge on any atom is -0.342 e. The summed E-state index contributed by atoms with van der Waals surface area (Å²) in [6.45, 7) is 5.46. The van der Waals surface area contributed by atoms with Crippen LogP contribution in [0.2, 0.25) is 0 Å². The van der Waals surface area contributed by atoms with Gasteiger partial charge < -0.3 is 9.47 Å². The molecular weight excluding hydrogens is 304 g/mol. The zero-order chi connectivity index (χ0) is 16.5. The molecule has 2 aromatic rings. The van der Waals surface area contributed by atoms with Crippen molar-refractivity contribution in [2.75, 3.05) is 13.1 Å². The van der Waals surface area contributed by atoms with Gasteiger partial charge in [0.2, 0.25) is 5.91 Å². The van der Waals surface area contributed by atoms with Gasteiger partial charge in [-0.25, -0.2) is 0 Å². The van der Waals surface area contributed by atoms with Gasteiger partial charge in [0.25, 0.3) is 0 Å². The summed E-state index contributed by atoms with van der Waals surface area (Å²) in [7, 11) is 0. The van der Waals surface area contributed by atoms with Gasteiger partial charge in [0.05, 0.1) is 5.92 Å².